The van der Waals surface area contributed by atoms with Gasteiger partial charge in [0, 0.05) is 11.1 Å². The highest BCUT2D eigenvalue weighted by molar-refractivity contribution is 5.89. The maximum absolute atomic E-state index is 8.30. The summed E-state index contributed by atoms with van der Waals surface area (Å²) in [5.41, 5.74) is 0.980. The molecule has 1 aliphatic rings. The minimum Gasteiger partial charge on any atom is -0.309 e. The Kier molecular flexibility index (Phi) is 4.12. The average Bonchev–Trinajstić information content (AvgIpc) is 2.28. The lowest BCUT2D eigenvalue weighted by molar-refractivity contribution is 0.323. The van der Waals surface area contributed by atoms with Gasteiger partial charge in [-0.25, -0.2) is 0 Å². The molecule has 0 bridgehead atoms. The third-order valence-electron chi connectivity index (χ3n) is 3.98. The van der Waals surface area contributed by atoms with E-state index in [0.717, 1.165) is 12.1 Å². The van der Waals surface area contributed by atoms with Crippen LogP contribution in [0.4, 0.5) is 0 Å². The summed E-state index contributed by atoms with van der Waals surface area (Å²) >= 11 is 0. The molecule has 0 saturated heterocycles. The molecule has 1 heteroatoms. The SMILES string of the molecule is CC[C@@H](C)C(=N)C(C)(C)[C@@H]1C=CCCC1. The van der Waals surface area contributed by atoms with Gasteiger partial charge in [-0.3, -0.25) is 0 Å². The van der Waals surface area contributed by atoms with Gasteiger partial charge in [0.2, 0.25) is 0 Å². The van der Waals surface area contributed by atoms with Crippen molar-refractivity contribution in [3.05, 3.63) is 12.2 Å². The third-order valence-corrected chi connectivity index (χ3v) is 3.98. The van der Waals surface area contributed by atoms with Crippen molar-refractivity contribution in [3.63, 3.8) is 0 Å². The molecule has 2 atom stereocenters. The van der Waals surface area contributed by atoms with E-state index < -0.39 is 0 Å². The molecule has 1 rings (SSSR count). The average molecular weight is 207 g/mol. The first-order chi connectivity index (χ1) is 7.00. The third kappa shape index (κ3) is 2.70. The number of nitrogens with one attached hydrogen (secondary N) is 1. The highest BCUT2D eigenvalue weighted by atomic mass is 14.5. The standard InChI is InChI=1S/C14H25N/c1-5-11(2)13(15)14(3,4)12-9-7-6-8-10-12/h7,9,11-12,15H,5-6,8,10H2,1-4H3/t11-,12-/m1/s1. The van der Waals surface area contributed by atoms with Crippen LogP contribution in [-0.4, -0.2) is 5.71 Å². The van der Waals surface area contributed by atoms with Crippen LogP contribution in [0.5, 0.6) is 0 Å². The van der Waals surface area contributed by atoms with E-state index in [2.05, 4.69) is 39.8 Å². The zero-order chi connectivity index (χ0) is 11.5. The van der Waals surface area contributed by atoms with Crippen molar-refractivity contribution in [3.8, 4) is 0 Å². The van der Waals surface area contributed by atoms with E-state index in [1.54, 1.807) is 0 Å². The largest absolute Gasteiger partial charge is 0.309 e. The summed E-state index contributed by atoms with van der Waals surface area (Å²) < 4.78 is 0. The van der Waals surface area contributed by atoms with Crippen LogP contribution < -0.4 is 0 Å². The van der Waals surface area contributed by atoms with Crippen LogP contribution in [0.3, 0.4) is 0 Å². The van der Waals surface area contributed by atoms with Gasteiger partial charge in [0.1, 0.15) is 0 Å². The Morgan fingerprint density at radius 3 is 2.67 bits per heavy atom. The summed E-state index contributed by atoms with van der Waals surface area (Å²) in [5.74, 6) is 1.00. The van der Waals surface area contributed by atoms with Gasteiger partial charge in [0.05, 0.1) is 0 Å². The number of hydrogen-bond donors (Lipinski definition) is 1. The summed E-state index contributed by atoms with van der Waals surface area (Å²) in [7, 11) is 0. The topological polar surface area (TPSA) is 23.9 Å². The Bertz CT molecular complexity index is 250. The Hall–Kier alpha value is -0.590. The summed E-state index contributed by atoms with van der Waals surface area (Å²) in [6.07, 6.45) is 9.48. The van der Waals surface area contributed by atoms with Gasteiger partial charge in [0.25, 0.3) is 0 Å². The highest BCUT2D eigenvalue weighted by Crippen LogP contribution is 2.37. The fraction of sp³-hybridized carbons (Fsp3) is 0.786. The Morgan fingerprint density at radius 2 is 2.20 bits per heavy atom. The van der Waals surface area contributed by atoms with E-state index in [9.17, 15) is 0 Å². The van der Waals surface area contributed by atoms with Gasteiger partial charge in [-0.2, -0.15) is 0 Å². The molecule has 0 aromatic carbocycles. The minimum atomic E-state index is 0.0480. The van der Waals surface area contributed by atoms with Crippen LogP contribution in [-0.2, 0) is 0 Å². The van der Waals surface area contributed by atoms with Crippen LogP contribution in [0.25, 0.3) is 0 Å². The zero-order valence-corrected chi connectivity index (χ0v) is 10.6. The molecule has 0 aliphatic heterocycles. The lowest BCUT2D eigenvalue weighted by Crippen LogP contribution is -2.35. The van der Waals surface area contributed by atoms with Crippen molar-refractivity contribution in [2.24, 2.45) is 17.3 Å². The molecule has 0 aromatic heterocycles. The van der Waals surface area contributed by atoms with E-state index in [-0.39, 0.29) is 5.41 Å². The lowest BCUT2D eigenvalue weighted by atomic mass is 9.68. The maximum Gasteiger partial charge on any atom is 0.0179 e. The molecule has 0 saturated carbocycles. The van der Waals surface area contributed by atoms with Gasteiger partial charge in [-0.1, -0.05) is 39.8 Å². The van der Waals surface area contributed by atoms with Gasteiger partial charge < -0.3 is 5.41 Å². The first kappa shape index (κ1) is 12.5. The molecular weight excluding hydrogens is 182 g/mol. The molecule has 0 heterocycles. The monoisotopic (exact) mass is 207 g/mol. The van der Waals surface area contributed by atoms with E-state index in [1.165, 1.54) is 19.3 Å². The Labute approximate surface area is 94.5 Å². The van der Waals surface area contributed by atoms with E-state index in [0.29, 0.717) is 11.8 Å². The fourth-order valence-corrected chi connectivity index (χ4v) is 2.45. The predicted octanol–water partition coefficient (Wildman–Crippen LogP) is 4.43. The first-order valence-corrected chi connectivity index (χ1v) is 6.25. The Morgan fingerprint density at radius 1 is 1.53 bits per heavy atom. The molecule has 1 nitrogen and oxygen atoms in total. The molecule has 15 heavy (non-hydrogen) atoms. The molecule has 1 aliphatic carbocycles. The number of allylic oxidation sites excluding steroid dienone is 2. The smallest absolute Gasteiger partial charge is 0.0179 e. The molecule has 0 fully saturated rings. The molecule has 0 aromatic rings. The lowest BCUT2D eigenvalue weighted by Gasteiger charge is -2.37. The van der Waals surface area contributed by atoms with Crippen LogP contribution in [0.2, 0.25) is 0 Å². The van der Waals surface area contributed by atoms with Crippen molar-refractivity contribution < 1.29 is 0 Å². The van der Waals surface area contributed by atoms with E-state index in [4.69, 9.17) is 5.41 Å². The zero-order valence-electron chi connectivity index (χ0n) is 10.6. The first-order valence-electron chi connectivity index (χ1n) is 6.25. The second-order valence-electron chi connectivity index (χ2n) is 5.41. The summed E-state index contributed by atoms with van der Waals surface area (Å²) in [6, 6.07) is 0. The van der Waals surface area contributed by atoms with Gasteiger partial charge in [-0.15, -0.1) is 0 Å². The molecular formula is C14H25N. The quantitative estimate of drug-likeness (QED) is 0.521. The molecule has 0 amide bonds. The highest BCUT2D eigenvalue weighted by Gasteiger charge is 2.34. The molecule has 0 unspecified atom stereocenters. The van der Waals surface area contributed by atoms with Crippen LogP contribution in [0.15, 0.2) is 12.2 Å². The number of rotatable bonds is 4. The number of hydrogen-bond acceptors (Lipinski definition) is 1. The minimum absolute atomic E-state index is 0.0480. The van der Waals surface area contributed by atoms with Crippen molar-refractivity contribution >= 4 is 5.71 Å². The van der Waals surface area contributed by atoms with Crippen LogP contribution in [0, 0.1) is 22.7 Å². The Balaban J connectivity index is 2.76. The molecule has 0 spiro atoms. The predicted molar refractivity (Wildman–Crippen MR) is 67.4 cm³/mol. The second-order valence-corrected chi connectivity index (χ2v) is 5.41. The van der Waals surface area contributed by atoms with Crippen LogP contribution >= 0.6 is 0 Å². The molecule has 1 N–H and O–H groups in total. The van der Waals surface area contributed by atoms with Crippen molar-refractivity contribution in [1.82, 2.24) is 0 Å². The van der Waals surface area contributed by atoms with Gasteiger partial charge in [-0.05, 0) is 37.5 Å². The van der Waals surface area contributed by atoms with E-state index in [1.807, 2.05) is 0 Å². The normalized spacial score (nSPS) is 23.9. The van der Waals surface area contributed by atoms with Crippen molar-refractivity contribution in [1.29, 1.82) is 5.41 Å². The van der Waals surface area contributed by atoms with Gasteiger partial charge in [0.15, 0.2) is 0 Å². The summed E-state index contributed by atoms with van der Waals surface area (Å²) in [6.45, 7) is 8.83. The molecule has 0 radical (unpaired) electrons. The van der Waals surface area contributed by atoms with Crippen LogP contribution in [0.1, 0.15) is 53.4 Å². The summed E-state index contributed by atoms with van der Waals surface area (Å²) in [4.78, 5) is 0. The second kappa shape index (κ2) is 4.96. The van der Waals surface area contributed by atoms with Crippen molar-refractivity contribution in [2.75, 3.05) is 0 Å². The maximum atomic E-state index is 8.30. The molecule has 86 valence electrons. The summed E-state index contributed by atoms with van der Waals surface area (Å²) in [5, 5.41) is 8.30. The van der Waals surface area contributed by atoms with Gasteiger partial charge >= 0.3 is 0 Å². The van der Waals surface area contributed by atoms with E-state index >= 15 is 0 Å². The fourth-order valence-electron chi connectivity index (χ4n) is 2.45. The van der Waals surface area contributed by atoms with Crippen molar-refractivity contribution in [2.45, 2.75) is 53.4 Å².